The molecule has 0 radical (unpaired) electrons. The second-order valence-corrected chi connectivity index (χ2v) is 7.81. The minimum absolute atomic E-state index is 0.189. The molecule has 1 aliphatic heterocycles. The number of hydrogen-bond acceptors (Lipinski definition) is 4. The lowest BCUT2D eigenvalue weighted by molar-refractivity contribution is 0.198. The summed E-state index contributed by atoms with van der Waals surface area (Å²) in [5.74, 6) is 2.46. The third-order valence-electron chi connectivity index (χ3n) is 2.82. The molecule has 2 unspecified atom stereocenters. The summed E-state index contributed by atoms with van der Waals surface area (Å²) in [7, 11) is 0. The quantitative estimate of drug-likeness (QED) is 0.928. The number of hydrogen-bond donors (Lipinski definition) is 1. The molecule has 0 aliphatic carbocycles. The van der Waals surface area contributed by atoms with Gasteiger partial charge in [-0.25, -0.2) is 0 Å². The maximum Gasteiger partial charge on any atom is 0.0702 e. The topological polar surface area (TPSA) is 29.3 Å². The smallest absolute Gasteiger partial charge is 0.0702 e. The van der Waals surface area contributed by atoms with Crippen LogP contribution in [0.1, 0.15) is 17.8 Å². The predicted octanol–water partition coefficient (Wildman–Crippen LogP) is 2.95. The van der Waals surface area contributed by atoms with Crippen LogP contribution in [0.2, 0.25) is 0 Å². The number of rotatable bonds is 3. The van der Waals surface area contributed by atoms with Crippen LogP contribution in [0, 0.1) is 0 Å². The van der Waals surface area contributed by atoms with Gasteiger partial charge in [0.15, 0.2) is 0 Å². The Balaban J connectivity index is 2.16. The lowest BCUT2D eigenvalue weighted by Gasteiger charge is -2.36. The summed E-state index contributed by atoms with van der Waals surface area (Å²) >= 11 is 7.37. The monoisotopic (exact) mass is 320 g/mol. The van der Waals surface area contributed by atoms with Crippen LogP contribution in [-0.4, -0.2) is 35.5 Å². The Morgan fingerprint density at radius 1 is 1.38 bits per heavy atom. The molecule has 90 valence electrons. The Kier molecular flexibility index (Phi) is 4.73. The lowest BCUT2D eigenvalue weighted by atomic mass is 10.1. The first-order valence-electron chi connectivity index (χ1n) is 5.51. The van der Waals surface area contributed by atoms with Gasteiger partial charge in [0.25, 0.3) is 0 Å². The molecule has 0 saturated carbocycles. The minimum Gasteiger partial charge on any atom is -0.326 e. The van der Waals surface area contributed by atoms with Crippen LogP contribution in [-0.2, 0) is 0 Å². The summed E-state index contributed by atoms with van der Waals surface area (Å²) in [6, 6.07) is 4.89. The zero-order valence-electron chi connectivity index (χ0n) is 9.36. The lowest BCUT2D eigenvalue weighted by Crippen LogP contribution is -2.43. The van der Waals surface area contributed by atoms with E-state index in [1.165, 1.54) is 20.2 Å². The van der Waals surface area contributed by atoms with Crippen molar-refractivity contribution in [2.75, 3.05) is 24.6 Å². The van der Waals surface area contributed by atoms with Crippen LogP contribution in [0.25, 0.3) is 0 Å². The first-order chi connectivity index (χ1) is 7.68. The van der Waals surface area contributed by atoms with E-state index in [9.17, 15) is 0 Å². The fraction of sp³-hybridized carbons (Fsp3) is 0.636. The van der Waals surface area contributed by atoms with E-state index in [2.05, 4.69) is 39.9 Å². The van der Waals surface area contributed by atoms with Crippen LogP contribution in [0.15, 0.2) is 15.9 Å². The maximum absolute atomic E-state index is 6.15. The van der Waals surface area contributed by atoms with E-state index < -0.39 is 0 Å². The van der Waals surface area contributed by atoms with Gasteiger partial charge in [-0.15, -0.1) is 11.3 Å². The van der Waals surface area contributed by atoms with Crippen molar-refractivity contribution < 1.29 is 0 Å². The average molecular weight is 321 g/mol. The van der Waals surface area contributed by atoms with Gasteiger partial charge in [0.2, 0.25) is 0 Å². The van der Waals surface area contributed by atoms with Gasteiger partial charge in [-0.1, -0.05) is 0 Å². The molecular formula is C11H17BrN2S2. The molecule has 2 nitrogen and oxygen atoms in total. The molecule has 1 aliphatic rings. The second-order valence-electron chi connectivity index (χ2n) is 4.09. The van der Waals surface area contributed by atoms with Gasteiger partial charge in [-0.2, -0.15) is 11.8 Å². The fourth-order valence-corrected chi connectivity index (χ4v) is 4.72. The highest BCUT2D eigenvalue weighted by atomic mass is 79.9. The number of thiophene rings is 1. The summed E-state index contributed by atoms with van der Waals surface area (Å²) in [5.41, 5.74) is 6.15. The Morgan fingerprint density at radius 2 is 2.06 bits per heavy atom. The van der Waals surface area contributed by atoms with E-state index in [1.807, 2.05) is 11.8 Å². The van der Waals surface area contributed by atoms with Crippen LogP contribution in [0.3, 0.4) is 0 Å². The third kappa shape index (κ3) is 3.01. The summed E-state index contributed by atoms with van der Waals surface area (Å²) in [5, 5.41) is 0. The minimum atomic E-state index is 0.189. The summed E-state index contributed by atoms with van der Waals surface area (Å²) in [6.07, 6.45) is 0. The van der Waals surface area contributed by atoms with Gasteiger partial charge in [0.1, 0.15) is 0 Å². The molecule has 1 saturated heterocycles. The highest BCUT2D eigenvalue weighted by Gasteiger charge is 2.26. The first kappa shape index (κ1) is 12.9. The van der Waals surface area contributed by atoms with E-state index in [1.54, 1.807) is 11.3 Å². The summed E-state index contributed by atoms with van der Waals surface area (Å²) in [6.45, 7) is 4.43. The number of halogens is 1. The second kappa shape index (κ2) is 5.87. The molecule has 2 atom stereocenters. The zero-order valence-corrected chi connectivity index (χ0v) is 12.6. The molecule has 2 rings (SSSR count). The molecular weight excluding hydrogens is 304 g/mol. The van der Waals surface area contributed by atoms with E-state index in [0.717, 1.165) is 13.1 Å². The molecule has 1 aromatic heterocycles. The predicted molar refractivity (Wildman–Crippen MR) is 77.3 cm³/mol. The molecule has 1 aromatic rings. The molecule has 0 bridgehead atoms. The van der Waals surface area contributed by atoms with Gasteiger partial charge in [-0.05, 0) is 35.0 Å². The molecule has 2 heterocycles. The number of nitrogens with two attached hydrogens (primary N) is 1. The van der Waals surface area contributed by atoms with Crippen LogP contribution >= 0.6 is 39.0 Å². The standard InChI is InChI=1S/C11H17BrN2S2/c1-8(13)11(9-2-3-10(12)16-9)14-4-6-15-7-5-14/h2-3,8,11H,4-7,13H2,1H3. The zero-order chi connectivity index (χ0) is 11.5. The fourth-order valence-electron chi connectivity index (χ4n) is 2.11. The van der Waals surface area contributed by atoms with E-state index in [4.69, 9.17) is 5.73 Å². The van der Waals surface area contributed by atoms with Crippen molar-refractivity contribution in [3.63, 3.8) is 0 Å². The highest BCUT2D eigenvalue weighted by molar-refractivity contribution is 9.11. The van der Waals surface area contributed by atoms with E-state index in [0.29, 0.717) is 6.04 Å². The Hall–Kier alpha value is 0.450. The summed E-state index contributed by atoms with van der Waals surface area (Å²) in [4.78, 5) is 3.91. The van der Waals surface area contributed by atoms with Crippen LogP contribution in [0.4, 0.5) is 0 Å². The molecule has 0 aromatic carbocycles. The molecule has 0 spiro atoms. The van der Waals surface area contributed by atoms with Gasteiger partial charge >= 0.3 is 0 Å². The van der Waals surface area contributed by atoms with E-state index in [-0.39, 0.29) is 6.04 Å². The van der Waals surface area contributed by atoms with Crippen molar-refractivity contribution in [1.29, 1.82) is 0 Å². The molecule has 2 N–H and O–H groups in total. The van der Waals surface area contributed by atoms with Crippen molar-refractivity contribution in [2.45, 2.75) is 19.0 Å². The van der Waals surface area contributed by atoms with Crippen molar-refractivity contribution in [3.8, 4) is 0 Å². The van der Waals surface area contributed by atoms with Gasteiger partial charge in [0, 0.05) is 35.5 Å². The van der Waals surface area contributed by atoms with Crippen molar-refractivity contribution in [1.82, 2.24) is 4.90 Å². The summed E-state index contributed by atoms with van der Waals surface area (Å²) < 4.78 is 1.19. The van der Waals surface area contributed by atoms with Crippen LogP contribution in [0.5, 0.6) is 0 Å². The average Bonchev–Trinajstić information content (AvgIpc) is 2.66. The van der Waals surface area contributed by atoms with Crippen molar-refractivity contribution >= 4 is 39.0 Å². The molecule has 1 fully saturated rings. The van der Waals surface area contributed by atoms with Crippen LogP contribution < -0.4 is 5.73 Å². The molecule has 5 heteroatoms. The largest absolute Gasteiger partial charge is 0.326 e. The van der Waals surface area contributed by atoms with Gasteiger partial charge in [0.05, 0.1) is 9.83 Å². The molecule has 16 heavy (non-hydrogen) atoms. The number of thioether (sulfide) groups is 1. The highest BCUT2D eigenvalue weighted by Crippen LogP contribution is 2.33. The Morgan fingerprint density at radius 3 is 2.56 bits per heavy atom. The van der Waals surface area contributed by atoms with Gasteiger partial charge < -0.3 is 5.73 Å². The maximum atomic E-state index is 6.15. The van der Waals surface area contributed by atoms with Gasteiger partial charge in [-0.3, -0.25) is 4.90 Å². The SMILES string of the molecule is CC(N)C(c1ccc(Br)s1)N1CCSCC1. The third-order valence-corrected chi connectivity index (χ3v) is 5.46. The number of nitrogens with zero attached hydrogens (tertiary/aromatic N) is 1. The van der Waals surface area contributed by atoms with Crippen molar-refractivity contribution in [3.05, 3.63) is 20.8 Å². The molecule has 0 amide bonds. The van der Waals surface area contributed by atoms with E-state index >= 15 is 0 Å². The Bertz CT molecular complexity index is 334. The normalized spacial score (nSPS) is 21.9. The first-order valence-corrected chi connectivity index (χ1v) is 8.27. The van der Waals surface area contributed by atoms with Crippen molar-refractivity contribution in [2.24, 2.45) is 5.73 Å². The Labute approximate surface area is 114 Å².